The van der Waals surface area contributed by atoms with E-state index in [1.807, 2.05) is 0 Å². The van der Waals surface area contributed by atoms with Gasteiger partial charge in [0.05, 0.1) is 19.0 Å². The van der Waals surface area contributed by atoms with Gasteiger partial charge in [-0.1, -0.05) is 0 Å². The van der Waals surface area contributed by atoms with Gasteiger partial charge in [0.1, 0.15) is 5.69 Å². The van der Waals surface area contributed by atoms with Crippen LogP contribution in [-0.4, -0.2) is 51.4 Å². The number of methoxy groups -OCH3 is 1. The molecule has 0 unspecified atom stereocenters. The SMILES string of the molecule is COc1cn(-c2ccc(-n3cccn3)cc2F)nc(C(=O)/C(C)=C/N(C)C)c1=O. The van der Waals surface area contributed by atoms with Gasteiger partial charge in [-0.3, -0.25) is 9.59 Å². The monoisotopic (exact) mass is 397 g/mol. The number of Topliss-reactive ketones (excluding diaryl/α,β-unsaturated/α-hetero) is 1. The van der Waals surface area contributed by atoms with Crippen molar-refractivity contribution in [3.05, 3.63) is 76.4 Å². The predicted octanol–water partition coefficient (Wildman–Crippen LogP) is 2.21. The summed E-state index contributed by atoms with van der Waals surface area (Å²) in [5.41, 5.74) is -0.119. The second-order valence-electron chi connectivity index (χ2n) is 6.51. The van der Waals surface area contributed by atoms with E-state index in [0.29, 0.717) is 11.3 Å². The molecule has 0 radical (unpaired) electrons. The predicted molar refractivity (Wildman–Crippen MR) is 105 cm³/mol. The standard InChI is InChI=1S/C20H20FN5O3/c1-13(11-24(2)3)19(27)18-20(28)17(29-4)12-26(23-18)16-7-6-14(10-15(16)21)25-9-5-8-22-25/h5-12H,1-4H3/b13-11+. The van der Waals surface area contributed by atoms with Gasteiger partial charge in [-0.15, -0.1) is 0 Å². The van der Waals surface area contributed by atoms with E-state index >= 15 is 0 Å². The number of carbonyl (C=O) groups is 1. The van der Waals surface area contributed by atoms with Gasteiger partial charge in [-0.2, -0.15) is 10.2 Å². The smallest absolute Gasteiger partial charge is 0.253 e. The molecule has 0 spiro atoms. The molecule has 0 N–H and O–H groups in total. The first-order valence-corrected chi connectivity index (χ1v) is 8.69. The van der Waals surface area contributed by atoms with Crippen LogP contribution in [0, 0.1) is 5.82 Å². The van der Waals surface area contributed by atoms with E-state index in [0.717, 1.165) is 4.68 Å². The van der Waals surface area contributed by atoms with Crippen LogP contribution in [0.15, 0.2) is 59.4 Å². The maximum atomic E-state index is 14.8. The second kappa shape index (κ2) is 8.09. The molecular weight excluding hydrogens is 377 g/mol. The van der Waals surface area contributed by atoms with Gasteiger partial charge in [0.2, 0.25) is 5.78 Å². The molecule has 8 nitrogen and oxygen atoms in total. The first-order chi connectivity index (χ1) is 13.8. The number of hydrogen-bond acceptors (Lipinski definition) is 6. The Morgan fingerprint density at radius 3 is 2.62 bits per heavy atom. The first-order valence-electron chi connectivity index (χ1n) is 8.69. The number of benzene rings is 1. The van der Waals surface area contributed by atoms with E-state index in [-0.39, 0.29) is 17.1 Å². The van der Waals surface area contributed by atoms with Crippen molar-refractivity contribution < 1.29 is 13.9 Å². The number of halogens is 1. The number of carbonyl (C=O) groups excluding carboxylic acids is 1. The van der Waals surface area contributed by atoms with E-state index in [4.69, 9.17) is 4.74 Å². The summed E-state index contributed by atoms with van der Waals surface area (Å²) >= 11 is 0. The zero-order valence-corrected chi connectivity index (χ0v) is 16.5. The number of nitrogens with zero attached hydrogens (tertiary/aromatic N) is 5. The van der Waals surface area contributed by atoms with Crippen molar-refractivity contribution in [1.82, 2.24) is 24.5 Å². The van der Waals surface area contributed by atoms with Crippen LogP contribution in [0.3, 0.4) is 0 Å². The topological polar surface area (TPSA) is 82.2 Å². The highest BCUT2D eigenvalue weighted by Gasteiger charge is 2.20. The molecule has 0 saturated heterocycles. The van der Waals surface area contributed by atoms with Crippen molar-refractivity contribution in [3.63, 3.8) is 0 Å². The minimum atomic E-state index is -0.658. The van der Waals surface area contributed by atoms with Gasteiger partial charge in [0.25, 0.3) is 5.43 Å². The molecule has 0 amide bonds. The summed E-state index contributed by atoms with van der Waals surface area (Å²) in [5.74, 6) is -1.28. The molecule has 3 rings (SSSR count). The normalized spacial score (nSPS) is 11.4. The summed E-state index contributed by atoms with van der Waals surface area (Å²) < 4.78 is 22.5. The van der Waals surface area contributed by atoms with Crippen molar-refractivity contribution in [1.29, 1.82) is 0 Å². The lowest BCUT2D eigenvalue weighted by atomic mass is 10.1. The molecule has 2 heterocycles. The minimum absolute atomic E-state index is 0.0579. The van der Waals surface area contributed by atoms with Crippen LogP contribution in [-0.2, 0) is 0 Å². The van der Waals surface area contributed by atoms with E-state index < -0.39 is 17.0 Å². The first kappa shape index (κ1) is 20.0. The number of hydrogen-bond donors (Lipinski definition) is 0. The van der Waals surface area contributed by atoms with Crippen LogP contribution in [0.1, 0.15) is 17.4 Å². The lowest BCUT2D eigenvalue weighted by Gasteiger charge is -2.12. The van der Waals surface area contributed by atoms with Crippen LogP contribution >= 0.6 is 0 Å². The zero-order valence-electron chi connectivity index (χ0n) is 16.5. The second-order valence-corrected chi connectivity index (χ2v) is 6.51. The van der Waals surface area contributed by atoms with Gasteiger partial charge >= 0.3 is 0 Å². The maximum Gasteiger partial charge on any atom is 0.253 e. The summed E-state index contributed by atoms with van der Waals surface area (Å²) in [6.45, 7) is 1.58. The molecule has 0 aliphatic rings. The quantitative estimate of drug-likeness (QED) is 0.469. The van der Waals surface area contributed by atoms with Crippen molar-refractivity contribution in [2.75, 3.05) is 21.2 Å². The minimum Gasteiger partial charge on any atom is -0.491 e. The Balaban J connectivity index is 2.11. The molecule has 0 aliphatic carbocycles. The molecular formula is C20H20FN5O3. The summed E-state index contributed by atoms with van der Waals surface area (Å²) in [6, 6.07) is 6.14. The zero-order chi connectivity index (χ0) is 21.1. The average Bonchev–Trinajstić information content (AvgIpc) is 3.22. The molecule has 0 aliphatic heterocycles. The fourth-order valence-electron chi connectivity index (χ4n) is 2.76. The number of ether oxygens (including phenoxy) is 1. The van der Waals surface area contributed by atoms with Crippen LogP contribution in [0.2, 0.25) is 0 Å². The number of ketones is 1. The lowest BCUT2D eigenvalue weighted by molar-refractivity contribution is 0.102. The van der Waals surface area contributed by atoms with Gasteiger partial charge < -0.3 is 9.64 Å². The molecule has 3 aromatic rings. The number of rotatable bonds is 6. The fourth-order valence-corrected chi connectivity index (χ4v) is 2.76. The van der Waals surface area contributed by atoms with E-state index in [9.17, 15) is 14.0 Å². The van der Waals surface area contributed by atoms with Crippen LogP contribution in [0.5, 0.6) is 5.75 Å². The van der Waals surface area contributed by atoms with E-state index in [2.05, 4.69) is 10.2 Å². The third kappa shape index (κ3) is 4.08. The molecule has 9 heteroatoms. The third-order valence-electron chi connectivity index (χ3n) is 4.08. The maximum absolute atomic E-state index is 14.8. The third-order valence-corrected chi connectivity index (χ3v) is 4.08. The molecule has 0 atom stereocenters. The molecule has 29 heavy (non-hydrogen) atoms. The van der Waals surface area contributed by atoms with Crippen LogP contribution < -0.4 is 10.2 Å². The van der Waals surface area contributed by atoms with Gasteiger partial charge in [-0.05, 0) is 25.1 Å². The Morgan fingerprint density at radius 2 is 2.03 bits per heavy atom. The molecule has 2 aromatic heterocycles. The summed E-state index contributed by atoms with van der Waals surface area (Å²) in [6.07, 6.45) is 6.09. The number of allylic oxidation sites excluding steroid dienone is 1. The van der Waals surface area contributed by atoms with E-state index in [1.165, 1.54) is 30.1 Å². The van der Waals surface area contributed by atoms with Crippen molar-refractivity contribution in [2.24, 2.45) is 0 Å². The highest BCUT2D eigenvalue weighted by Crippen LogP contribution is 2.18. The van der Waals surface area contributed by atoms with Crippen molar-refractivity contribution in [3.8, 4) is 17.1 Å². The lowest BCUT2D eigenvalue weighted by Crippen LogP contribution is -2.24. The number of aromatic nitrogens is 4. The summed E-state index contributed by atoms with van der Waals surface area (Å²) in [5, 5.41) is 8.15. The Morgan fingerprint density at radius 1 is 1.28 bits per heavy atom. The van der Waals surface area contributed by atoms with Gasteiger partial charge in [0, 0.05) is 44.3 Å². The average molecular weight is 397 g/mol. The van der Waals surface area contributed by atoms with Crippen LogP contribution in [0.4, 0.5) is 4.39 Å². The molecule has 0 bridgehead atoms. The van der Waals surface area contributed by atoms with Crippen molar-refractivity contribution in [2.45, 2.75) is 6.92 Å². The Labute approximate surface area is 166 Å². The van der Waals surface area contributed by atoms with Gasteiger partial charge in [-0.25, -0.2) is 13.8 Å². The Bertz CT molecular complexity index is 1130. The van der Waals surface area contributed by atoms with Gasteiger partial charge in [0.15, 0.2) is 17.3 Å². The molecule has 1 aromatic carbocycles. The molecule has 150 valence electrons. The Kier molecular flexibility index (Phi) is 5.58. The van der Waals surface area contributed by atoms with Crippen molar-refractivity contribution >= 4 is 5.78 Å². The van der Waals surface area contributed by atoms with E-state index in [1.54, 1.807) is 56.6 Å². The van der Waals surface area contributed by atoms with Crippen LogP contribution in [0.25, 0.3) is 11.4 Å². The molecule has 0 fully saturated rings. The summed E-state index contributed by atoms with van der Waals surface area (Å²) in [4.78, 5) is 26.9. The highest BCUT2D eigenvalue weighted by molar-refractivity contribution is 6.06. The Hall–Kier alpha value is -3.75. The highest BCUT2D eigenvalue weighted by atomic mass is 19.1. The largest absolute Gasteiger partial charge is 0.491 e. The summed E-state index contributed by atoms with van der Waals surface area (Å²) in [7, 11) is 4.81. The fraction of sp³-hybridized carbons (Fsp3) is 0.200. The molecule has 0 saturated carbocycles.